The SMILES string of the molecule is Nc1ccccc1N(CC(=O)O)C(=O)CC1CCCCC1. The molecular weight excluding hydrogens is 268 g/mol. The molecule has 1 aliphatic carbocycles. The summed E-state index contributed by atoms with van der Waals surface area (Å²) in [5.74, 6) is -0.815. The Morgan fingerprint density at radius 3 is 2.48 bits per heavy atom. The van der Waals surface area contributed by atoms with Crippen LogP contribution in [0.25, 0.3) is 0 Å². The number of carboxylic acid groups (broad SMARTS) is 1. The first-order valence-electron chi connectivity index (χ1n) is 7.44. The molecule has 21 heavy (non-hydrogen) atoms. The average Bonchev–Trinajstić information content (AvgIpc) is 2.46. The predicted molar refractivity (Wildman–Crippen MR) is 82.0 cm³/mol. The van der Waals surface area contributed by atoms with E-state index in [4.69, 9.17) is 10.8 Å². The molecule has 0 bridgehead atoms. The molecule has 0 aliphatic heterocycles. The maximum atomic E-state index is 12.5. The molecule has 0 aromatic heterocycles. The Balaban J connectivity index is 2.13. The van der Waals surface area contributed by atoms with E-state index in [9.17, 15) is 9.59 Å². The second-order valence-electron chi connectivity index (χ2n) is 5.64. The number of para-hydroxylation sites is 2. The number of carbonyl (C=O) groups excluding carboxylic acids is 1. The number of anilines is 2. The summed E-state index contributed by atoms with van der Waals surface area (Å²) < 4.78 is 0. The Hall–Kier alpha value is -2.04. The number of amides is 1. The lowest BCUT2D eigenvalue weighted by atomic mass is 9.86. The molecule has 5 nitrogen and oxygen atoms in total. The number of nitrogen functional groups attached to an aromatic ring is 1. The van der Waals surface area contributed by atoms with Gasteiger partial charge in [0.15, 0.2) is 0 Å². The molecule has 0 spiro atoms. The zero-order valence-corrected chi connectivity index (χ0v) is 12.1. The van der Waals surface area contributed by atoms with Crippen LogP contribution in [0.1, 0.15) is 38.5 Å². The van der Waals surface area contributed by atoms with Crippen LogP contribution in [-0.2, 0) is 9.59 Å². The number of nitrogens with two attached hydrogens (primary N) is 1. The lowest BCUT2D eigenvalue weighted by molar-refractivity contribution is -0.136. The Kier molecular flexibility index (Phi) is 5.20. The molecule has 1 aromatic rings. The number of hydrogen-bond donors (Lipinski definition) is 2. The Morgan fingerprint density at radius 1 is 1.19 bits per heavy atom. The van der Waals surface area contributed by atoms with Gasteiger partial charge < -0.3 is 10.8 Å². The van der Waals surface area contributed by atoms with E-state index in [0.717, 1.165) is 25.7 Å². The van der Waals surface area contributed by atoms with Gasteiger partial charge in [0.2, 0.25) is 5.91 Å². The molecule has 114 valence electrons. The van der Waals surface area contributed by atoms with Gasteiger partial charge in [-0.3, -0.25) is 14.5 Å². The molecule has 0 heterocycles. The minimum absolute atomic E-state index is 0.151. The molecule has 0 unspecified atom stereocenters. The van der Waals surface area contributed by atoms with E-state index in [1.165, 1.54) is 11.3 Å². The first-order valence-corrected chi connectivity index (χ1v) is 7.44. The largest absolute Gasteiger partial charge is 0.480 e. The summed E-state index contributed by atoms with van der Waals surface area (Å²) >= 11 is 0. The second-order valence-corrected chi connectivity index (χ2v) is 5.64. The Bertz CT molecular complexity index is 510. The number of rotatable bonds is 5. The molecule has 2 rings (SSSR count). The van der Waals surface area contributed by atoms with Crippen molar-refractivity contribution in [2.75, 3.05) is 17.2 Å². The molecule has 5 heteroatoms. The van der Waals surface area contributed by atoms with Crippen molar-refractivity contribution in [1.29, 1.82) is 0 Å². The van der Waals surface area contributed by atoms with Crippen LogP contribution >= 0.6 is 0 Å². The zero-order valence-electron chi connectivity index (χ0n) is 12.1. The minimum atomic E-state index is -1.03. The highest BCUT2D eigenvalue weighted by Crippen LogP contribution is 2.29. The minimum Gasteiger partial charge on any atom is -0.480 e. The summed E-state index contributed by atoms with van der Waals surface area (Å²) in [6, 6.07) is 6.90. The van der Waals surface area contributed by atoms with Crippen molar-refractivity contribution >= 4 is 23.3 Å². The second kappa shape index (κ2) is 7.11. The highest BCUT2D eigenvalue weighted by molar-refractivity contribution is 5.99. The van der Waals surface area contributed by atoms with Crippen LogP contribution in [0.5, 0.6) is 0 Å². The van der Waals surface area contributed by atoms with Crippen molar-refractivity contribution in [3.63, 3.8) is 0 Å². The van der Waals surface area contributed by atoms with Crippen molar-refractivity contribution < 1.29 is 14.7 Å². The van der Waals surface area contributed by atoms with Crippen LogP contribution < -0.4 is 10.6 Å². The van der Waals surface area contributed by atoms with Gasteiger partial charge in [-0.25, -0.2) is 0 Å². The maximum Gasteiger partial charge on any atom is 0.323 e. The van der Waals surface area contributed by atoms with E-state index in [1.807, 2.05) is 0 Å². The van der Waals surface area contributed by atoms with E-state index >= 15 is 0 Å². The first-order chi connectivity index (χ1) is 10.1. The quantitative estimate of drug-likeness (QED) is 0.817. The van der Waals surface area contributed by atoms with Gasteiger partial charge in [-0.05, 0) is 30.9 Å². The molecule has 1 amide bonds. The molecule has 0 atom stereocenters. The fourth-order valence-electron chi connectivity index (χ4n) is 2.92. The molecular formula is C16H22N2O3. The number of aliphatic carboxylic acids is 1. The summed E-state index contributed by atoms with van der Waals surface area (Å²) in [7, 11) is 0. The third-order valence-corrected chi connectivity index (χ3v) is 4.01. The van der Waals surface area contributed by atoms with Crippen LogP contribution in [0.3, 0.4) is 0 Å². The predicted octanol–water partition coefficient (Wildman–Crippen LogP) is 2.66. The summed E-state index contributed by atoms with van der Waals surface area (Å²) in [6.07, 6.45) is 6.05. The topological polar surface area (TPSA) is 83.6 Å². The molecule has 1 aliphatic rings. The molecule has 0 saturated heterocycles. The number of nitrogens with zero attached hydrogens (tertiary/aromatic N) is 1. The normalized spacial score (nSPS) is 15.6. The summed E-state index contributed by atoms with van der Waals surface area (Å²) in [6.45, 7) is -0.347. The summed E-state index contributed by atoms with van der Waals surface area (Å²) in [5.41, 5.74) is 6.79. The van der Waals surface area contributed by atoms with Crippen LogP contribution in [0.2, 0.25) is 0 Å². The van der Waals surface area contributed by atoms with Gasteiger partial charge in [0, 0.05) is 6.42 Å². The van der Waals surface area contributed by atoms with Crippen molar-refractivity contribution in [2.24, 2.45) is 5.92 Å². The smallest absolute Gasteiger partial charge is 0.323 e. The van der Waals surface area contributed by atoms with E-state index in [2.05, 4.69) is 0 Å². The van der Waals surface area contributed by atoms with Crippen molar-refractivity contribution in [3.8, 4) is 0 Å². The number of hydrogen-bond acceptors (Lipinski definition) is 3. The fourth-order valence-corrected chi connectivity index (χ4v) is 2.92. The summed E-state index contributed by atoms with van der Waals surface area (Å²) in [4.78, 5) is 24.9. The fraction of sp³-hybridized carbons (Fsp3) is 0.500. The number of carboxylic acids is 1. The number of benzene rings is 1. The third-order valence-electron chi connectivity index (χ3n) is 4.01. The van der Waals surface area contributed by atoms with E-state index in [-0.39, 0.29) is 12.5 Å². The monoisotopic (exact) mass is 290 g/mol. The number of carbonyl (C=O) groups is 2. The van der Waals surface area contributed by atoms with Crippen molar-refractivity contribution in [3.05, 3.63) is 24.3 Å². The van der Waals surface area contributed by atoms with Gasteiger partial charge in [0.1, 0.15) is 6.54 Å². The molecule has 0 radical (unpaired) electrons. The third kappa shape index (κ3) is 4.21. The highest BCUT2D eigenvalue weighted by atomic mass is 16.4. The lowest BCUT2D eigenvalue weighted by Gasteiger charge is -2.26. The maximum absolute atomic E-state index is 12.5. The van der Waals surface area contributed by atoms with Crippen molar-refractivity contribution in [2.45, 2.75) is 38.5 Å². The molecule has 1 aromatic carbocycles. The van der Waals surface area contributed by atoms with Gasteiger partial charge in [-0.15, -0.1) is 0 Å². The first kappa shape index (κ1) is 15.4. The summed E-state index contributed by atoms with van der Waals surface area (Å²) in [5, 5.41) is 9.06. The van der Waals surface area contributed by atoms with Gasteiger partial charge in [0.05, 0.1) is 11.4 Å². The molecule has 1 saturated carbocycles. The lowest BCUT2D eigenvalue weighted by Crippen LogP contribution is -2.37. The molecule has 1 fully saturated rings. The Morgan fingerprint density at radius 2 is 1.86 bits per heavy atom. The average molecular weight is 290 g/mol. The van der Waals surface area contributed by atoms with E-state index in [0.29, 0.717) is 23.7 Å². The van der Waals surface area contributed by atoms with Gasteiger partial charge >= 0.3 is 5.97 Å². The van der Waals surface area contributed by atoms with Gasteiger partial charge in [0.25, 0.3) is 0 Å². The Labute approximate surface area is 124 Å². The van der Waals surface area contributed by atoms with Gasteiger partial charge in [-0.1, -0.05) is 31.4 Å². The highest BCUT2D eigenvalue weighted by Gasteiger charge is 2.24. The van der Waals surface area contributed by atoms with Crippen molar-refractivity contribution in [1.82, 2.24) is 0 Å². The molecule has 3 N–H and O–H groups in total. The van der Waals surface area contributed by atoms with Crippen LogP contribution in [0, 0.1) is 5.92 Å². The van der Waals surface area contributed by atoms with Crippen LogP contribution in [0.4, 0.5) is 11.4 Å². The van der Waals surface area contributed by atoms with Crippen LogP contribution in [0.15, 0.2) is 24.3 Å². The van der Waals surface area contributed by atoms with E-state index in [1.54, 1.807) is 24.3 Å². The van der Waals surface area contributed by atoms with E-state index < -0.39 is 5.97 Å². The van der Waals surface area contributed by atoms with Crippen LogP contribution in [-0.4, -0.2) is 23.5 Å². The zero-order chi connectivity index (χ0) is 15.2. The van der Waals surface area contributed by atoms with Gasteiger partial charge in [-0.2, -0.15) is 0 Å². The standard InChI is InChI=1S/C16H22N2O3/c17-13-8-4-5-9-14(13)18(11-16(20)21)15(19)10-12-6-2-1-3-7-12/h4-5,8-9,12H,1-3,6-7,10-11,17H2,(H,20,21).